The summed E-state index contributed by atoms with van der Waals surface area (Å²) < 4.78 is 16.9. The van der Waals surface area contributed by atoms with Gasteiger partial charge in [-0.1, -0.05) is 34.6 Å². The Balaban J connectivity index is 2.02. The van der Waals surface area contributed by atoms with Crippen LogP contribution in [0.3, 0.4) is 0 Å². The van der Waals surface area contributed by atoms with E-state index in [0.29, 0.717) is 19.1 Å². The van der Waals surface area contributed by atoms with Gasteiger partial charge in [-0.2, -0.15) is 0 Å². The molecule has 0 amide bonds. The molecule has 4 N–H and O–H groups in total. The smallest absolute Gasteiger partial charge is 0.189 e. The van der Waals surface area contributed by atoms with E-state index in [1.165, 1.54) is 13.2 Å². The predicted octanol–water partition coefficient (Wildman–Crippen LogP) is 3.11. The van der Waals surface area contributed by atoms with Crippen molar-refractivity contribution in [3.8, 4) is 11.5 Å². The highest BCUT2D eigenvalue weighted by Crippen LogP contribution is 2.51. The van der Waals surface area contributed by atoms with Gasteiger partial charge in [0.15, 0.2) is 24.0 Å². The van der Waals surface area contributed by atoms with Crippen LogP contribution < -0.4 is 0 Å². The number of hydrogen-bond donors (Lipinski definition) is 4. The third kappa shape index (κ3) is 4.84. The topological polar surface area (TPSA) is 146 Å². The van der Waals surface area contributed by atoms with E-state index in [2.05, 4.69) is 0 Å². The van der Waals surface area contributed by atoms with Gasteiger partial charge in [0.05, 0.1) is 35.5 Å². The number of ether oxygens (including phenoxy) is 3. The van der Waals surface area contributed by atoms with Crippen LogP contribution >= 0.6 is 0 Å². The first-order valence-electron chi connectivity index (χ1n) is 12.2. The van der Waals surface area contributed by atoms with Gasteiger partial charge in [-0.05, 0) is 30.7 Å². The zero-order valence-corrected chi connectivity index (χ0v) is 21.2. The van der Waals surface area contributed by atoms with Crippen molar-refractivity contribution >= 4 is 12.1 Å². The van der Waals surface area contributed by atoms with Gasteiger partial charge in [-0.25, -0.2) is 0 Å². The average molecular weight is 495 g/mol. The summed E-state index contributed by atoms with van der Waals surface area (Å²) in [7, 11) is 1.46. The standard InChI is InChI=1S/C26H38O9/c1-7-20-26(35-20)19(28)10-18(34-25(26)32)14(8-12(2)3)21(29)15-9-16(24(33-6)13(4)5)23(31)17(11-27)22(15)30/h9,11-14,18-20,24-25,28,30-32H,7-8,10H2,1-6H3/t14-,18-,19-,20+,24+,25-,26-/m1/s1. The molecule has 2 aliphatic rings. The summed E-state index contributed by atoms with van der Waals surface area (Å²) in [6, 6.07) is 1.36. The van der Waals surface area contributed by atoms with Crippen LogP contribution in [0.4, 0.5) is 0 Å². The number of epoxide rings is 1. The molecule has 0 unspecified atom stereocenters. The van der Waals surface area contributed by atoms with Crippen LogP contribution in [0.2, 0.25) is 0 Å². The van der Waals surface area contributed by atoms with Crippen molar-refractivity contribution in [2.45, 2.75) is 90.2 Å². The van der Waals surface area contributed by atoms with Gasteiger partial charge < -0.3 is 34.6 Å². The van der Waals surface area contributed by atoms with Gasteiger partial charge in [0, 0.05) is 25.0 Å². The highest BCUT2D eigenvalue weighted by Gasteiger charge is 2.68. The molecule has 1 aromatic rings. The Hall–Kier alpha value is -2.04. The monoisotopic (exact) mass is 494 g/mol. The van der Waals surface area contributed by atoms with E-state index < -0.39 is 59.0 Å². The van der Waals surface area contributed by atoms with E-state index in [1.54, 1.807) is 0 Å². The molecular formula is C26H38O9. The quantitative estimate of drug-likeness (QED) is 0.219. The Morgan fingerprint density at radius 3 is 2.34 bits per heavy atom. The highest BCUT2D eigenvalue weighted by molar-refractivity contribution is 6.04. The van der Waals surface area contributed by atoms with Crippen LogP contribution in [0.5, 0.6) is 11.5 Å². The molecule has 2 fully saturated rings. The molecule has 196 valence electrons. The van der Waals surface area contributed by atoms with E-state index in [9.17, 15) is 30.0 Å². The van der Waals surface area contributed by atoms with Crippen molar-refractivity contribution < 1.29 is 44.2 Å². The SMILES string of the molecule is CC[C@@H]1O[C@]12[C@H](O)C[C@H]([C@@H](CC(C)C)C(=O)c1cc([C@@H](OC)C(C)C)c(O)c(C=O)c1O)O[C@H]2O. The van der Waals surface area contributed by atoms with Crippen LogP contribution in [0.25, 0.3) is 0 Å². The molecule has 3 rings (SSSR count). The number of carbonyl (C=O) groups is 2. The predicted molar refractivity (Wildman–Crippen MR) is 126 cm³/mol. The second-order valence-corrected chi connectivity index (χ2v) is 10.4. The summed E-state index contributed by atoms with van der Waals surface area (Å²) >= 11 is 0. The van der Waals surface area contributed by atoms with Crippen LogP contribution in [0.15, 0.2) is 6.07 Å². The van der Waals surface area contributed by atoms with Crippen molar-refractivity contribution in [3.63, 3.8) is 0 Å². The fourth-order valence-corrected chi connectivity index (χ4v) is 5.40. The summed E-state index contributed by atoms with van der Waals surface area (Å²) in [5.41, 5.74) is -1.50. The maximum Gasteiger partial charge on any atom is 0.189 e. The normalized spacial score (nSPS) is 30.0. The lowest BCUT2D eigenvalue weighted by atomic mass is 9.78. The number of phenolic OH excluding ortho intramolecular Hbond substituents is 2. The summed E-state index contributed by atoms with van der Waals surface area (Å²) in [6.45, 7) is 9.46. The molecule has 0 saturated carbocycles. The van der Waals surface area contributed by atoms with E-state index in [0.717, 1.165) is 0 Å². The van der Waals surface area contributed by atoms with Crippen molar-refractivity contribution in [2.75, 3.05) is 7.11 Å². The first-order valence-corrected chi connectivity index (χ1v) is 12.2. The fraction of sp³-hybridized carbons (Fsp3) is 0.692. The largest absolute Gasteiger partial charge is 0.507 e. The molecule has 0 aromatic heterocycles. The van der Waals surface area contributed by atoms with Gasteiger partial charge in [-0.15, -0.1) is 0 Å². The molecule has 9 nitrogen and oxygen atoms in total. The molecule has 0 radical (unpaired) electrons. The molecule has 2 aliphatic heterocycles. The molecule has 1 spiro atoms. The molecule has 2 saturated heterocycles. The summed E-state index contributed by atoms with van der Waals surface area (Å²) in [4.78, 5) is 25.6. The number of carbonyl (C=O) groups excluding carboxylic acids is 2. The Bertz CT molecular complexity index is 929. The van der Waals surface area contributed by atoms with Gasteiger partial charge in [0.1, 0.15) is 11.5 Å². The summed E-state index contributed by atoms with van der Waals surface area (Å²) in [5.74, 6) is -2.46. The Kier molecular flexibility index (Phi) is 8.28. The summed E-state index contributed by atoms with van der Waals surface area (Å²) in [5, 5.41) is 43.0. The Morgan fingerprint density at radius 2 is 1.89 bits per heavy atom. The van der Waals surface area contributed by atoms with Crippen molar-refractivity contribution in [1.29, 1.82) is 0 Å². The minimum atomic E-state index is -1.41. The maximum atomic E-state index is 13.9. The number of aldehydes is 1. The number of methoxy groups -OCH3 is 1. The minimum absolute atomic E-state index is 0.0462. The average Bonchev–Trinajstić information content (AvgIpc) is 3.53. The van der Waals surface area contributed by atoms with E-state index in [4.69, 9.17) is 14.2 Å². The third-order valence-electron chi connectivity index (χ3n) is 7.23. The van der Waals surface area contributed by atoms with Crippen LogP contribution in [0.1, 0.15) is 86.3 Å². The number of hydrogen-bond acceptors (Lipinski definition) is 9. The summed E-state index contributed by atoms with van der Waals surface area (Å²) in [6.07, 6.45) is -2.92. The van der Waals surface area contributed by atoms with E-state index in [1.807, 2.05) is 34.6 Å². The minimum Gasteiger partial charge on any atom is -0.507 e. The lowest BCUT2D eigenvalue weighted by Gasteiger charge is -2.39. The van der Waals surface area contributed by atoms with Crippen LogP contribution in [-0.4, -0.2) is 69.8 Å². The molecule has 35 heavy (non-hydrogen) atoms. The maximum absolute atomic E-state index is 13.9. The van der Waals surface area contributed by atoms with Gasteiger partial charge in [0.25, 0.3) is 0 Å². The lowest BCUT2D eigenvalue weighted by molar-refractivity contribution is -0.239. The fourth-order valence-electron chi connectivity index (χ4n) is 5.40. The van der Waals surface area contributed by atoms with Crippen molar-refractivity contribution in [3.05, 3.63) is 22.8 Å². The Morgan fingerprint density at radius 1 is 1.23 bits per heavy atom. The third-order valence-corrected chi connectivity index (χ3v) is 7.23. The molecule has 9 heteroatoms. The van der Waals surface area contributed by atoms with Crippen LogP contribution in [-0.2, 0) is 14.2 Å². The molecular weight excluding hydrogens is 456 g/mol. The highest BCUT2D eigenvalue weighted by atomic mass is 16.7. The lowest BCUT2D eigenvalue weighted by Crippen LogP contribution is -2.55. The number of benzene rings is 1. The number of phenols is 2. The van der Waals surface area contributed by atoms with Crippen LogP contribution in [0, 0.1) is 17.8 Å². The first-order chi connectivity index (χ1) is 16.4. The Labute approximate surface area is 206 Å². The molecule has 0 aliphatic carbocycles. The number of aromatic hydroxyl groups is 2. The zero-order chi connectivity index (χ0) is 26.2. The number of aliphatic hydroxyl groups is 2. The molecule has 0 bridgehead atoms. The van der Waals surface area contributed by atoms with Gasteiger partial charge >= 0.3 is 0 Å². The zero-order valence-electron chi connectivity index (χ0n) is 21.2. The molecule has 2 heterocycles. The van der Waals surface area contributed by atoms with E-state index >= 15 is 0 Å². The second-order valence-electron chi connectivity index (χ2n) is 10.4. The van der Waals surface area contributed by atoms with Gasteiger partial charge in [0.2, 0.25) is 0 Å². The van der Waals surface area contributed by atoms with E-state index in [-0.39, 0.29) is 35.5 Å². The molecule has 7 atom stereocenters. The van der Waals surface area contributed by atoms with Crippen molar-refractivity contribution in [1.82, 2.24) is 0 Å². The van der Waals surface area contributed by atoms with Crippen molar-refractivity contribution in [2.24, 2.45) is 17.8 Å². The number of ketones is 1. The molecule has 1 aromatic carbocycles. The number of Topliss-reactive ketones (excluding diaryl/α,β-unsaturated/α-hetero) is 1. The number of rotatable bonds is 10. The first kappa shape index (κ1) is 27.5. The second kappa shape index (κ2) is 10.5. The number of aliphatic hydroxyl groups excluding tert-OH is 2. The van der Waals surface area contributed by atoms with Gasteiger partial charge in [-0.3, -0.25) is 9.59 Å².